The topological polar surface area (TPSA) is 119 Å². The quantitative estimate of drug-likeness (QED) is 0.618. The molecule has 10 heteroatoms. The van der Waals surface area contributed by atoms with Crippen LogP contribution in [-0.2, 0) is 11.2 Å². The highest BCUT2D eigenvalue weighted by Crippen LogP contribution is 2.20. The number of aromatic nitrogens is 4. The van der Waals surface area contributed by atoms with Crippen LogP contribution in [0.3, 0.4) is 0 Å². The molecule has 1 aliphatic rings. The van der Waals surface area contributed by atoms with Crippen LogP contribution in [0.15, 0.2) is 36.8 Å². The van der Waals surface area contributed by atoms with Gasteiger partial charge in [-0.05, 0) is 31.9 Å². The number of halogens is 1. The van der Waals surface area contributed by atoms with Crippen molar-refractivity contribution >= 4 is 17.9 Å². The SMILES string of the molecule is CC(O)Cc1cnn2ccc(N3CCCC3)nc12.COc1ccc(F)cn1.NC=O. The van der Waals surface area contributed by atoms with Crippen molar-refractivity contribution in [3.05, 3.63) is 48.2 Å². The van der Waals surface area contributed by atoms with Gasteiger partial charge in [-0.2, -0.15) is 5.10 Å². The number of rotatable bonds is 4. The van der Waals surface area contributed by atoms with Gasteiger partial charge in [0.1, 0.15) is 11.6 Å². The summed E-state index contributed by atoms with van der Waals surface area (Å²) < 4.78 is 18.6. The van der Waals surface area contributed by atoms with Gasteiger partial charge in [0.2, 0.25) is 12.3 Å². The van der Waals surface area contributed by atoms with Crippen LogP contribution >= 0.6 is 0 Å². The number of aliphatic hydroxyl groups excluding tert-OH is 1. The third-order valence-corrected chi connectivity index (χ3v) is 4.28. The predicted molar refractivity (Wildman–Crippen MR) is 111 cm³/mol. The molecule has 3 aromatic heterocycles. The summed E-state index contributed by atoms with van der Waals surface area (Å²) in [6, 6.07) is 4.78. The molecule has 4 heterocycles. The lowest BCUT2D eigenvalue weighted by molar-refractivity contribution is -0.106. The first-order chi connectivity index (χ1) is 14.5. The monoisotopic (exact) mass is 418 g/mol. The van der Waals surface area contributed by atoms with Gasteiger partial charge in [0, 0.05) is 37.3 Å². The molecule has 0 spiro atoms. The Morgan fingerprint density at radius 2 is 2.00 bits per heavy atom. The fraction of sp³-hybridized carbons (Fsp3) is 0.400. The standard InChI is InChI=1S/C13H18N4O.C6H6FNO.CH3NO/c1-10(18)8-11-9-14-17-7-4-12(15-13(11)17)16-5-2-3-6-16;1-9-6-3-2-5(7)4-8-6;2-1-3/h4,7,9-10,18H,2-3,5-6,8H2,1H3;2-4H,1H3;1H,(H2,2,3). The summed E-state index contributed by atoms with van der Waals surface area (Å²) >= 11 is 0. The van der Waals surface area contributed by atoms with Gasteiger partial charge < -0.3 is 20.5 Å². The number of pyridine rings is 1. The van der Waals surface area contributed by atoms with Gasteiger partial charge in [-0.1, -0.05) is 0 Å². The number of nitrogens with zero attached hydrogens (tertiary/aromatic N) is 5. The number of hydrogen-bond acceptors (Lipinski definition) is 7. The number of ether oxygens (including phenoxy) is 1. The van der Waals surface area contributed by atoms with Crippen molar-refractivity contribution in [1.29, 1.82) is 0 Å². The second-order valence-electron chi connectivity index (χ2n) is 6.63. The minimum Gasteiger partial charge on any atom is -0.481 e. The van der Waals surface area contributed by atoms with E-state index in [2.05, 4.69) is 25.7 Å². The van der Waals surface area contributed by atoms with Gasteiger partial charge in [0.05, 0.1) is 25.6 Å². The molecule has 30 heavy (non-hydrogen) atoms. The van der Waals surface area contributed by atoms with Crippen LogP contribution in [-0.4, -0.2) is 57.4 Å². The van der Waals surface area contributed by atoms with E-state index in [0.29, 0.717) is 12.3 Å². The first-order valence-corrected chi connectivity index (χ1v) is 9.55. The van der Waals surface area contributed by atoms with E-state index in [0.717, 1.165) is 36.3 Å². The lowest BCUT2D eigenvalue weighted by atomic mass is 10.2. The number of anilines is 1. The summed E-state index contributed by atoms with van der Waals surface area (Å²) in [5.74, 6) is 1.10. The van der Waals surface area contributed by atoms with Crippen LogP contribution in [0.2, 0.25) is 0 Å². The molecule has 1 aliphatic heterocycles. The van der Waals surface area contributed by atoms with E-state index in [4.69, 9.17) is 9.53 Å². The second-order valence-corrected chi connectivity index (χ2v) is 6.63. The number of carbonyl (C=O) groups is 1. The summed E-state index contributed by atoms with van der Waals surface area (Å²) in [5, 5.41) is 13.8. The third kappa shape index (κ3) is 6.66. The molecule has 4 rings (SSSR count). The van der Waals surface area contributed by atoms with Gasteiger partial charge >= 0.3 is 0 Å². The van der Waals surface area contributed by atoms with Crippen molar-refractivity contribution in [3.8, 4) is 5.88 Å². The lowest BCUT2D eigenvalue weighted by Gasteiger charge is -2.16. The summed E-state index contributed by atoms with van der Waals surface area (Å²) in [6.07, 6.45) is 7.82. The van der Waals surface area contributed by atoms with E-state index in [1.807, 2.05) is 12.3 Å². The Kier molecular flexibility index (Phi) is 8.95. The highest BCUT2D eigenvalue weighted by molar-refractivity contribution is 5.53. The largest absolute Gasteiger partial charge is 0.481 e. The number of aliphatic hydroxyl groups is 1. The molecule has 1 fully saturated rings. The number of primary amides is 1. The van der Waals surface area contributed by atoms with Crippen LogP contribution in [0.25, 0.3) is 5.65 Å². The van der Waals surface area contributed by atoms with E-state index in [-0.39, 0.29) is 18.3 Å². The first kappa shape index (κ1) is 23.0. The number of carbonyl (C=O) groups excluding carboxylic acids is 1. The molecule has 0 aromatic carbocycles. The number of methoxy groups -OCH3 is 1. The van der Waals surface area contributed by atoms with Crippen LogP contribution in [0.4, 0.5) is 10.2 Å². The summed E-state index contributed by atoms with van der Waals surface area (Å²) in [4.78, 5) is 19.2. The van der Waals surface area contributed by atoms with Crippen LogP contribution < -0.4 is 15.4 Å². The van der Waals surface area contributed by atoms with Crippen molar-refractivity contribution in [2.75, 3.05) is 25.1 Å². The molecule has 3 aromatic rings. The predicted octanol–water partition coefficient (Wildman–Crippen LogP) is 1.58. The molecule has 0 aliphatic carbocycles. The highest BCUT2D eigenvalue weighted by atomic mass is 19.1. The van der Waals surface area contributed by atoms with Gasteiger partial charge in [-0.3, -0.25) is 4.79 Å². The van der Waals surface area contributed by atoms with E-state index < -0.39 is 0 Å². The molecule has 162 valence electrons. The van der Waals surface area contributed by atoms with Crippen LogP contribution in [0.5, 0.6) is 5.88 Å². The number of fused-ring (bicyclic) bond motifs is 1. The normalized spacial score (nSPS) is 13.7. The number of hydrogen-bond donors (Lipinski definition) is 2. The van der Waals surface area contributed by atoms with Crippen molar-refractivity contribution < 1.29 is 19.0 Å². The Labute approximate surface area is 174 Å². The molecular formula is C20H27FN6O3. The maximum Gasteiger partial charge on any atom is 0.213 e. The Morgan fingerprint density at radius 1 is 1.30 bits per heavy atom. The first-order valence-electron chi connectivity index (χ1n) is 9.55. The Hall–Kier alpha value is -3.27. The number of nitrogens with two attached hydrogens (primary N) is 1. The maximum absolute atomic E-state index is 12.1. The zero-order valence-electron chi connectivity index (χ0n) is 17.1. The molecule has 1 unspecified atom stereocenters. The Balaban J connectivity index is 0.000000224. The molecule has 1 atom stereocenters. The Bertz CT molecular complexity index is 911. The summed E-state index contributed by atoms with van der Waals surface area (Å²) in [7, 11) is 1.49. The van der Waals surface area contributed by atoms with E-state index in [1.165, 1.54) is 32.1 Å². The minimum atomic E-state index is -0.366. The highest BCUT2D eigenvalue weighted by Gasteiger charge is 2.15. The summed E-state index contributed by atoms with van der Waals surface area (Å²) in [6.45, 7) is 3.96. The van der Waals surface area contributed by atoms with E-state index in [9.17, 15) is 9.50 Å². The van der Waals surface area contributed by atoms with Gasteiger partial charge in [0.15, 0.2) is 5.65 Å². The molecule has 0 bridgehead atoms. The molecule has 0 radical (unpaired) electrons. The van der Waals surface area contributed by atoms with E-state index >= 15 is 0 Å². The summed E-state index contributed by atoms with van der Waals surface area (Å²) in [5.41, 5.74) is 6.03. The zero-order chi connectivity index (χ0) is 21.9. The Morgan fingerprint density at radius 3 is 2.57 bits per heavy atom. The minimum absolute atomic E-state index is 0.250. The molecule has 0 saturated carbocycles. The molecule has 1 amide bonds. The van der Waals surface area contributed by atoms with Crippen LogP contribution in [0, 0.1) is 5.82 Å². The van der Waals surface area contributed by atoms with Gasteiger partial charge in [-0.25, -0.2) is 18.9 Å². The van der Waals surface area contributed by atoms with E-state index in [1.54, 1.807) is 17.6 Å². The third-order valence-electron chi connectivity index (χ3n) is 4.28. The van der Waals surface area contributed by atoms with Gasteiger partial charge in [-0.15, -0.1) is 0 Å². The number of amides is 1. The molecular weight excluding hydrogens is 391 g/mol. The van der Waals surface area contributed by atoms with Crippen molar-refractivity contribution in [2.45, 2.75) is 32.3 Å². The molecule has 3 N–H and O–H groups in total. The van der Waals surface area contributed by atoms with Crippen molar-refractivity contribution in [2.24, 2.45) is 5.73 Å². The van der Waals surface area contributed by atoms with Crippen molar-refractivity contribution in [3.63, 3.8) is 0 Å². The fourth-order valence-corrected chi connectivity index (χ4v) is 2.97. The van der Waals surface area contributed by atoms with Gasteiger partial charge in [0.25, 0.3) is 0 Å². The fourth-order valence-electron chi connectivity index (χ4n) is 2.97. The van der Waals surface area contributed by atoms with Crippen LogP contribution in [0.1, 0.15) is 25.3 Å². The molecule has 9 nitrogen and oxygen atoms in total. The average Bonchev–Trinajstić information content (AvgIpc) is 3.40. The smallest absolute Gasteiger partial charge is 0.213 e. The second kappa shape index (κ2) is 11.7. The maximum atomic E-state index is 12.1. The van der Waals surface area contributed by atoms with Crippen molar-refractivity contribution in [1.82, 2.24) is 19.6 Å². The zero-order valence-corrected chi connectivity index (χ0v) is 17.1. The molecule has 1 saturated heterocycles. The lowest BCUT2D eigenvalue weighted by Crippen LogP contribution is -2.19. The average molecular weight is 418 g/mol.